The van der Waals surface area contributed by atoms with Crippen LogP contribution in [0.15, 0.2) is 27.6 Å². The molecule has 0 saturated heterocycles. The Labute approximate surface area is 137 Å². The first kappa shape index (κ1) is 16.4. The summed E-state index contributed by atoms with van der Waals surface area (Å²) in [6.45, 7) is 4.37. The van der Waals surface area contributed by atoms with Gasteiger partial charge in [-0.1, -0.05) is 6.07 Å². The Bertz CT molecular complexity index is 737. The van der Waals surface area contributed by atoms with Crippen LogP contribution in [0.3, 0.4) is 0 Å². The zero-order valence-corrected chi connectivity index (χ0v) is 15.1. The minimum absolute atomic E-state index is 0.209. The van der Waals surface area contributed by atoms with E-state index in [4.69, 9.17) is 0 Å². The summed E-state index contributed by atoms with van der Waals surface area (Å²) in [7, 11) is -1.85. The molecular weight excluding hydrogens is 374 g/mol. The SMILES string of the molecule is CNCc1ccc(Br)c(S(=O)(=O)Nc2nc(C)c(C)s2)c1. The topological polar surface area (TPSA) is 71.1 Å². The first-order valence-corrected chi connectivity index (χ1v) is 9.32. The third-order valence-electron chi connectivity index (χ3n) is 2.92. The molecule has 0 spiro atoms. The highest BCUT2D eigenvalue weighted by atomic mass is 79.9. The van der Waals surface area contributed by atoms with Gasteiger partial charge in [-0.2, -0.15) is 0 Å². The van der Waals surface area contributed by atoms with Crippen LogP contribution < -0.4 is 10.0 Å². The summed E-state index contributed by atoms with van der Waals surface area (Å²) >= 11 is 4.62. The van der Waals surface area contributed by atoms with Crippen LogP contribution in [-0.2, 0) is 16.6 Å². The molecule has 0 fully saturated rings. The fourth-order valence-corrected chi connectivity index (χ4v) is 4.82. The van der Waals surface area contributed by atoms with Crippen LogP contribution in [0, 0.1) is 13.8 Å². The fraction of sp³-hybridized carbons (Fsp3) is 0.308. The first-order chi connectivity index (χ1) is 9.83. The molecule has 0 aliphatic carbocycles. The maximum absolute atomic E-state index is 12.5. The molecule has 8 heteroatoms. The average molecular weight is 390 g/mol. The Morgan fingerprint density at radius 3 is 2.62 bits per heavy atom. The summed E-state index contributed by atoms with van der Waals surface area (Å²) in [5, 5.41) is 3.39. The minimum Gasteiger partial charge on any atom is -0.316 e. The second-order valence-electron chi connectivity index (χ2n) is 4.56. The summed E-state index contributed by atoms with van der Waals surface area (Å²) in [6.07, 6.45) is 0. The Morgan fingerprint density at radius 2 is 2.05 bits per heavy atom. The fourth-order valence-electron chi connectivity index (χ4n) is 1.75. The third kappa shape index (κ3) is 3.82. The van der Waals surface area contributed by atoms with Crippen molar-refractivity contribution < 1.29 is 8.42 Å². The molecule has 21 heavy (non-hydrogen) atoms. The Hall–Kier alpha value is -0.960. The predicted molar refractivity (Wildman–Crippen MR) is 89.3 cm³/mol. The van der Waals surface area contributed by atoms with Crippen molar-refractivity contribution in [3.63, 3.8) is 0 Å². The van der Waals surface area contributed by atoms with Gasteiger partial charge in [0.05, 0.1) is 5.69 Å². The number of hydrogen-bond donors (Lipinski definition) is 2. The van der Waals surface area contributed by atoms with Crippen LogP contribution in [0.1, 0.15) is 16.1 Å². The molecule has 5 nitrogen and oxygen atoms in total. The number of thiazole rings is 1. The van der Waals surface area contributed by atoms with Crippen molar-refractivity contribution in [1.29, 1.82) is 0 Å². The van der Waals surface area contributed by atoms with E-state index >= 15 is 0 Å². The van der Waals surface area contributed by atoms with E-state index in [0.717, 1.165) is 16.1 Å². The lowest BCUT2D eigenvalue weighted by Crippen LogP contribution is -2.14. The largest absolute Gasteiger partial charge is 0.316 e. The number of nitrogens with one attached hydrogen (secondary N) is 2. The molecular formula is C13H16BrN3O2S2. The molecule has 2 aromatic rings. The molecule has 1 heterocycles. The van der Waals surface area contributed by atoms with Gasteiger partial charge >= 0.3 is 0 Å². The summed E-state index contributed by atoms with van der Waals surface area (Å²) in [5.74, 6) is 0. The highest BCUT2D eigenvalue weighted by molar-refractivity contribution is 9.10. The van der Waals surface area contributed by atoms with E-state index in [1.54, 1.807) is 12.1 Å². The lowest BCUT2D eigenvalue weighted by atomic mass is 10.2. The van der Waals surface area contributed by atoms with E-state index in [1.807, 2.05) is 27.0 Å². The number of sulfonamides is 1. The van der Waals surface area contributed by atoms with Crippen LogP contribution in [0.2, 0.25) is 0 Å². The van der Waals surface area contributed by atoms with Crippen LogP contribution in [0.4, 0.5) is 5.13 Å². The molecule has 0 amide bonds. The second-order valence-corrected chi connectivity index (χ2v) is 8.27. The van der Waals surface area contributed by atoms with E-state index in [0.29, 0.717) is 16.1 Å². The zero-order chi connectivity index (χ0) is 15.6. The predicted octanol–water partition coefficient (Wildman–Crippen LogP) is 3.04. The number of aryl methyl sites for hydroxylation is 2. The van der Waals surface area contributed by atoms with Gasteiger partial charge in [0.15, 0.2) is 5.13 Å². The summed E-state index contributed by atoms with van der Waals surface area (Å²) < 4.78 is 28.1. The van der Waals surface area contributed by atoms with Crippen molar-refractivity contribution >= 4 is 42.4 Å². The number of hydrogen-bond acceptors (Lipinski definition) is 5. The van der Waals surface area contributed by atoms with E-state index in [2.05, 4.69) is 31.0 Å². The summed E-state index contributed by atoms with van der Waals surface area (Å²) in [5.41, 5.74) is 1.73. The van der Waals surface area contributed by atoms with Crippen molar-refractivity contribution in [2.45, 2.75) is 25.3 Å². The Morgan fingerprint density at radius 1 is 1.33 bits per heavy atom. The molecule has 0 aliphatic heterocycles. The normalized spacial score (nSPS) is 11.6. The molecule has 0 unspecified atom stereocenters. The van der Waals surface area contributed by atoms with Crippen molar-refractivity contribution in [2.75, 3.05) is 11.8 Å². The highest BCUT2D eigenvalue weighted by Crippen LogP contribution is 2.28. The summed E-state index contributed by atoms with van der Waals surface area (Å²) in [4.78, 5) is 5.41. The van der Waals surface area contributed by atoms with Crippen LogP contribution >= 0.6 is 27.3 Å². The molecule has 114 valence electrons. The number of anilines is 1. The van der Waals surface area contributed by atoms with Crippen LogP contribution in [-0.4, -0.2) is 20.4 Å². The van der Waals surface area contributed by atoms with E-state index in [-0.39, 0.29) is 4.90 Å². The molecule has 2 rings (SSSR count). The van der Waals surface area contributed by atoms with Crippen molar-refractivity contribution in [1.82, 2.24) is 10.3 Å². The lowest BCUT2D eigenvalue weighted by molar-refractivity contribution is 0.600. The molecule has 0 radical (unpaired) electrons. The van der Waals surface area contributed by atoms with Gasteiger partial charge in [0.1, 0.15) is 4.90 Å². The van der Waals surface area contributed by atoms with Crippen LogP contribution in [0.25, 0.3) is 0 Å². The van der Waals surface area contributed by atoms with E-state index in [1.165, 1.54) is 11.3 Å². The molecule has 0 bridgehead atoms. The maximum Gasteiger partial charge on any atom is 0.264 e. The summed E-state index contributed by atoms with van der Waals surface area (Å²) in [6, 6.07) is 5.26. The number of nitrogens with zero attached hydrogens (tertiary/aromatic N) is 1. The van der Waals surface area contributed by atoms with Crippen molar-refractivity contribution in [2.24, 2.45) is 0 Å². The molecule has 1 aromatic heterocycles. The van der Waals surface area contributed by atoms with Gasteiger partial charge < -0.3 is 5.32 Å². The van der Waals surface area contributed by atoms with Gasteiger partial charge in [0.25, 0.3) is 10.0 Å². The lowest BCUT2D eigenvalue weighted by Gasteiger charge is -2.09. The van der Waals surface area contributed by atoms with E-state index < -0.39 is 10.0 Å². The van der Waals surface area contributed by atoms with Gasteiger partial charge in [-0.3, -0.25) is 4.72 Å². The second kappa shape index (κ2) is 6.43. The standard InChI is InChI=1S/C13H16BrN3O2S2/c1-8-9(2)20-13(16-8)17-21(18,19)12-6-10(7-15-3)4-5-11(12)14/h4-6,15H,7H2,1-3H3,(H,16,17). The number of benzene rings is 1. The van der Waals surface area contributed by atoms with Crippen molar-refractivity contribution in [3.8, 4) is 0 Å². The van der Waals surface area contributed by atoms with Gasteiger partial charge in [-0.05, 0) is 54.5 Å². The molecule has 0 saturated carbocycles. The number of aromatic nitrogens is 1. The smallest absolute Gasteiger partial charge is 0.264 e. The van der Waals surface area contributed by atoms with Crippen molar-refractivity contribution in [3.05, 3.63) is 38.8 Å². The number of halogens is 1. The van der Waals surface area contributed by atoms with E-state index in [9.17, 15) is 8.42 Å². The molecule has 0 atom stereocenters. The van der Waals surface area contributed by atoms with Gasteiger partial charge in [0, 0.05) is 15.9 Å². The number of rotatable bonds is 5. The third-order valence-corrected chi connectivity index (χ3v) is 6.37. The molecule has 2 N–H and O–H groups in total. The first-order valence-electron chi connectivity index (χ1n) is 6.23. The Balaban J connectivity index is 2.36. The maximum atomic E-state index is 12.5. The molecule has 1 aromatic carbocycles. The molecule has 0 aliphatic rings. The van der Waals surface area contributed by atoms with Gasteiger partial charge in [-0.25, -0.2) is 13.4 Å². The average Bonchev–Trinajstić information content (AvgIpc) is 2.70. The van der Waals surface area contributed by atoms with Gasteiger partial charge in [-0.15, -0.1) is 11.3 Å². The highest BCUT2D eigenvalue weighted by Gasteiger charge is 2.20. The quantitative estimate of drug-likeness (QED) is 0.823. The van der Waals surface area contributed by atoms with Gasteiger partial charge in [0.2, 0.25) is 0 Å². The van der Waals surface area contributed by atoms with Crippen LogP contribution in [0.5, 0.6) is 0 Å². The zero-order valence-electron chi connectivity index (χ0n) is 11.9. The monoisotopic (exact) mass is 389 g/mol. The Kier molecular flexibility index (Phi) is 5.03. The minimum atomic E-state index is -3.66.